The van der Waals surface area contributed by atoms with Crippen LogP contribution in [0.5, 0.6) is 11.5 Å². The molecule has 88 valence electrons. The van der Waals surface area contributed by atoms with Crippen LogP contribution in [0.1, 0.15) is 0 Å². The van der Waals surface area contributed by atoms with E-state index in [1.54, 1.807) is 12.1 Å². The lowest BCUT2D eigenvalue weighted by molar-refractivity contribution is -0.605. The summed E-state index contributed by atoms with van der Waals surface area (Å²) in [5.41, 5.74) is 0. The molecule has 3 rings (SSSR count). The predicted octanol–water partition coefficient (Wildman–Crippen LogP) is 3.27. The third-order valence-corrected chi connectivity index (χ3v) is 2.75. The van der Waals surface area contributed by atoms with Gasteiger partial charge in [0.1, 0.15) is 11.5 Å². The molecule has 0 aliphatic carbocycles. The fourth-order valence-corrected chi connectivity index (χ4v) is 1.88. The Morgan fingerprint density at radius 3 is 2.39 bits per heavy atom. The van der Waals surface area contributed by atoms with E-state index in [-0.39, 0.29) is 0 Å². The fourth-order valence-electron chi connectivity index (χ4n) is 1.88. The van der Waals surface area contributed by atoms with Crippen molar-refractivity contribution >= 4 is 10.8 Å². The largest absolute Gasteiger partial charge is 0.619 e. The molecule has 0 N–H and O–H groups in total. The Kier molecular flexibility index (Phi) is 2.57. The van der Waals surface area contributed by atoms with Gasteiger partial charge >= 0.3 is 0 Å². The molecule has 0 unspecified atom stereocenters. The summed E-state index contributed by atoms with van der Waals surface area (Å²) < 4.78 is 6.53. The van der Waals surface area contributed by atoms with Crippen molar-refractivity contribution < 1.29 is 9.47 Å². The maximum absolute atomic E-state index is 10.9. The normalized spacial score (nSPS) is 10.4. The predicted molar refractivity (Wildman–Crippen MR) is 69.4 cm³/mol. The number of pyridine rings is 1. The standard InChI is InChI=1S/C15H11NO2/c17-16-10-8-13(9-11-16)18-15-7-3-5-12-4-1-2-6-14(12)15/h1-11H. The second-order valence-corrected chi connectivity index (χ2v) is 3.97. The minimum Gasteiger partial charge on any atom is -0.619 e. The molecule has 18 heavy (non-hydrogen) atoms. The third-order valence-electron chi connectivity index (χ3n) is 2.75. The van der Waals surface area contributed by atoms with Crippen LogP contribution in [0.3, 0.4) is 0 Å². The molecule has 3 aromatic rings. The minimum atomic E-state index is 0.651. The zero-order valence-corrected chi connectivity index (χ0v) is 9.61. The number of aromatic nitrogens is 1. The van der Waals surface area contributed by atoms with Gasteiger partial charge in [0.25, 0.3) is 0 Å². The molecule has 0 saturated carbocycles. The summed E-state index contributed by atoms with van der Waals surface area (Å²) in [6.45, 7) is 0. The van der Waals surface area contributed by atoms with Gasteiger partial charge in [0.15, 0.2) is 12.4 Å². The third kappa shape index (κ3) is 1.98. The minimum absolute atomic E-state index is 0.651. The lowest BCUT2D eigenvalue weighted by Crippen LogP contribution is -2.23. The molecule has 0 fully saturated rings. The highest BCUT2D eigenvalue weighted by molar-refractivity contribution is 5.88. The molecule has 3 heteroatoms. The Bertz CT molecular complexity index is 672. The average molecular weight is 237 g/mol. The number of ether oxygens (including phenoxy) is 1. The van der Waals surface area contributed by atoms with Gasteiger partial charge in [-0.05, 0) is 11.5 Å². The summed E-state index contributed by atoms with van der Waals surface area (Å²) in [5.74, 6) is 1.44. The number of rotatable bonds is 2. The van der Waals surface area contributed by atoms with Crippen molar-refractivity contribution in [3.63, 3.8) is 0 Å². The molecule has 0 bridgehead atoms. The van der Waals surface area contributed by atoms with E-state index in [0.29, 0.717) is 5.75 Å². The van der Waals surface area contributed by atoms with Crippen LogP contribution in [0.25, 0.3) is 10.8 Å². The van der Waals surface area contributed by atoms with E-state index in [9.17, 15) is 5.21 Å². The highest BCUT2D eigenvalue weighted by atomic mass is 16.5. The van der Waals surface area contributed by atoms with E-state index in [1.807, 2.05) is 42.5 Å². The first kappa shape index (κ1) is 10.6. The topological polar surface area (TPSA) is 36.2 Å². The molecule has 3 nitrogen and oxygen atoms in total. The van der Waals surface area contributed by atoms with E-state index >= 15 is 0 Å². The van der Waals surface area contributed by atoms with Crippen LogP contribution in [0.15, 0.2) is 67.0 Å². The van der Waals surface area contributed by atoms with Crippen molar-refractivity contribution in [3.8, 4) is 11.5 Å². The second kappa shape index (κ2) is 4.37. The van der Waals surface area contributed by atoms with Gasteiger partial charge in [0.2, 0.25) is 0 Å². The van der Waals surface area contributed by atoms with Crippen LogP contribution in [-0.2, 0) is 0 Å². The van der Waals surface area contributed by atoms with Crippen molar-refractivity contribution in [2.75, 3.05) is 0 Å². The van der Waals surface area contributed by atoms with Gasteiger partial charge in [-0.25, -0.2) is 0 Å². The summed E-state index contributed by atoms with van der Waals surface area (Å²) in [6, 6.07) is 17.2. The first-order chi connectivity index (χ1) is 8.83. The monoisotopic (exact) mass is 237 g/mol. The van der Waals surface area contributed by atoms with E-state index in [1.165, 1.54) is 12.4 Å². The zero-order valence-electron chi connectivity index (χ0n) is 9.61. The summed E-state index contributed by atoms with van der Waals surface area (Å²) in [6.07, 6.45) is 2.83. The van der Waals surface area contributed by atoms with Gasteiger partial charge in [-0.15, -0.1) is 0 Å². The van der Waals surface area contributed by atoms with Gasteiger partial charge in [-0.1, -0.05) is 36.4 Å². The van der Waals surface area contributed by atoms with Crippen LogP contribution in [0.2, 0.25) is 0 Å². The van der Waals surface area contributed by atoms with Gasteiger partial charge < -0.3 is 9.94 Å². The fraction of sp³-hybridized carbons (Fsp3) is 0. The molecule has 0 spiro atoms. The Balaban J connectivity index is 2.02. The molecule has 0 saturated heterocycles. The van der Waals surface area contributed by atoms with E-state index in [0.717, 1.165) is 21.3 Å². The van der Waals surface area contributed by atoms with Crippen LogP contribution < -0.4 is 9.47 Å². The maximum atomic E-state index is 10.9. The van der Waals surface area contributed by atoms with Crippen molar-refractivity contribution in [1.82, 2.24) is 0 Å². The van der Waals surface area contributed by atoms with Gasteiger partial charge in [-0.2, -0.15) is 4.73 Å². The lowest BCUT2D eigenvalue weighted by atomic mass is 10.1. The molecule has 2 aromatic carbocycles. The van der Waals surface area contributed by atoms with Crippen LogP contribution in [-0.4, -0.2) is 0 Å². The van der Waals surface area contributed by atoms with Crippen LogP contribution >= 0.6 is 0 Å². The SMILES string of the molecule is [O-][n+]1ccc(Oc2cccc3ccccc23)cc1. The quantitative estimate of drug-likeness (QED) is 0.506. The van der Waals surface area contributed by atoms with Crippen molar-refractivity contribution in [2.45, 2.75) is 0 Å². The Morgan fingerprint density at radius 1 is 0.833 bits per heavy atom. The van der Waals surface area contributed by atoms with Crippen LogP contribution in [0, 0.1) is 5.21 Å². The van der Waals surface area contributed by atoms with Gasteiger partial charge in [-0.3, -0.25) is 0 Å². The molecule has 1 aromatic heterocycles. The Labute approximate surface area is 104 Å². The summed E-state index contributed by atoms with van der Waals surface area (Å²) >= 11 is 0. The van der Waals surface area contributed by atoms with E-state index in [4.69, 9.17) is 4.74 Å². The molecule has 0 radical (unpaired) electrons. The molecule has 0 aliphatic heterocycles. The van der Waals surface area contributed by atoms with Crippen molar-refractivity contribution in [2.24, 2.45) is 0 Å². The summed E-state index contributed by atoms with van der Waals surface area (Å²) in [4.78, 5) is 0. The Morgan fingerprint density at radius 2 is 1.56 bits per heavy atom. The second-order valence-electron chi connectivity index (χ2n) is 3.97. The van der Waals surface area contributed by atoms with Gasteiger partial charge in [0, 0.05) is 17.5 Å². The molecule has 0 atom stereocenters. The molecular formula is C15H11NO2. The van der Waals surface area contributed by atoms with Crippen LogP contribution in [0.4, 0.5) is 0 Å². The molecule has 0 aliphatic rings. The number of hydrogen-bond acceptors (Lipinski definition) is 2. The number of nitrogens with zero attached hydrogens (tertiary/aromatic N) is 1. The Hall–Kier alpha value is -2.55. The van der Waals surface area contributed by atoms with E-state index in [2.05, 4.69) is 0 Å². The van der Waals surface area contributed by atoms with E-state index < -0.39 is 0 Å². The molecule has 1 heterocycles. The lowest BCUT2D eigenvalue weighted by Gasteiger charge is -2.08. The van der Waals surface area contributed by atoms with Gasteiger partial charge in [0.05, 0.1) is 0 Å². The number of benzene rings is 2. The summed E-state index contributed by atoms with van der Waals surface area (Å²) in [5, 5.41) is 13.1. The first-order valence-electron chi connectivity index (χ1n) is 5.67. The van der Waals surface area contributed by atoms with Crippen molar-refractivity contribution in [3.05, 3.63) is 72.2 Å². The van der Waals surface area contributed by atoms with Crippen molar-refractivity contribution in [1.29, 1.82) is 0 Å². The number of fused-ring (bicyclic) bond motifs is 1. The molecular weight excluding hydrogens is 226 g/mol. The molecule has 0 amide bonds. The maximum Gasteiger partial charge on any atom is 0.184 e. The number of hydrogen-bond donors (Lipinski definition) is 0. The highest BCUT2D eigenvalue weighted by Crippen LogP contribution is 2.29. The average Bonchev–Trinajstić information content (AvgIpc) is 2.42. The summed E-state index contributed by atoms with van der Waals surface area (Å²) in [7, 11) is 0. The highest BCUT2D eigenvalue weighted by Gasteiger charge is 2.03. The smallest absolute Gasteiger partial charge is 0.184 e. The zero-order chi connectivity index (χ0) is 12.4. The first-order valence-corrected chi connectivity index (χ1v) is 5.67.